The van der Waals surface area contributed by atoms with Crippen molar-refractivity contribution in [3.8, 4) is 6.07 Å². The van der Waals surface area contributed by atoms with Gasteiger partial charge in [0.1, 0.15) is 11.8 Å². The summed E-state index contributed by atoms with van der Waals surface area (Å²) in [6.45, 7) is 3.25. The van der Waals surface area contributed by atoms with E-state index in [0.717, 1.165) is 25.7 Å². The third-order valence-corrected chi connectivity index (χ3v) is 4.58. The van der Waals surface area contributed by atoms with E-state index < -0.39 is 0 Å². The molecule has 3 rings (SSSR count). The molecule has 0 spiro atoms. The second-order valence-electron chi connectivity index (χ2n) is 5.74. The summed E-state index contributed by atoms with van der Waals surface area (Å²) in [5.41, 5.74) is 1.72. The maximum Gasteiger partial charge on any atom is 0.140 e. The Hall–Kier alpha value is -1.44. The van der Waals surface area contributed by atoms with Gasteiger partial charge in [0.25, 0.3) is 0 Å². The molecule has 2 unspecified atom stereocenters. The van der Waals surface area contributed by atoms with E-state index in [1.807, 2.05) is 12.1 Å². The molecular weight excluding hydrogens is 236 g/mol. The standard InChI is InChI=1S/C15H20N4/c1-18-14-2-3-15(18)11-19(7-5-14)10-12-4-6-17-13(8-12)9-16/h4,6,8,14-15H,2-3,5,7,10-11H2,1H3. The Kier molecular flexibility index (Phi) is 3.50. The average molecular weight is 256 g/mol. The molecule has 2 bridgehead atoms. The van der Waals surface area contributed by atoms with E-state index in [9.17, 15) is 0 Å². The van der Waals surface area contributed by atoms with Crippen LogP contribution in [0.4, 0.5) is 0 Å². The van der Waals surface area contributed by atoms with Crippen LogP contribution in [0.15, 0.2) is 18.3 Å². The van der Waals surface area contributed by atoms with Crippen molar-refractivity contribution in [3.05, 3.63) is 29.6 Å². The first kappa shape index (κ1) is 12.6. The molecule has 0 amide bonds. The Morgan fingerprint density at radius 3 is 3.05 bits per heavy atom. The Morgan fingerprint density at radius 2 is 2.21 bits per heavy atom. The number of likely N-dealkylation sites (N-methyl/N-ethyl adjacent to an activating group) is 1. The quantitative estimate of drug-likeness (QED) is 0.806. The average Bonchev–Trinajstić information content (AvgIpc) is 2.67. The van der Waals surface area contributed by atoms with Gasteiger partial charge in [-0.3, -0.25) is 9.80 Å². The molecule has 2 aliphatic rings. The van der Waals surface area contributed by atoms with Crippen molar-refractivity contribution >= 4 is 0 Å². The predicted molar refractivity (Wildman–Crippen MR) is 73.4 cm³/mol. The van der Waals surface area contributed by atoms with Gasteiger partial charge in [-0.05, 0) is 44.0 Å². The number of fused-ring (bicyclic) bond motifs is 2. The zero-order valence-corrected chi connectivity index (χ0v) is 11.4. The molecule has 0 radical (unpaired) electrons. The Balaban J connectivity index is 1.68. The number of hydrogen-bond donors (Lipinski definition) is 0. The van der Waals surface area contributed by atoms with Crippen LogP contribution >= 0.6 is 0 Å². The molecule has 19 heavy (non-hydrogen) atoms. The summed E-state index contributed by atoms with van der Waals surface area (Å²) in [4.78, 5) is 9.12. The number of hydrogen-bond acceptors (Lipinski definition) is 4. The maximum absolute atomic E-state index is 8.90. The van der Waals surface area contributed by atoms with E-state index in [1.54, 1.807) is 6.20 Å². The summed E-state index contributed by atoms with van der Waals surface area (Å²) in [6, 6.07) is 7.54. The molecule has 0 aliphatic carbocycles. The molecule has 4 heteroatoms. The topological polar surface area (TPSA) is 43.2 Å². The highest BCUT2D eigenvalue weighted by Gasteiger charge is 2.34. The molecule has 2 fully saturated rings. The lowest BCUT2D eigenvalue weighted by atomic mass is 10.1. The SMILES string of the molecule is CN1C2CCC1CN(Cc1ccnc(C#N)c1)CC2. The summed E-state index contributed by atoms with van der Waals surface area (Å²) < 4.78 is 0. The Morgan fingerprint density at radius 1 is 1.37 bits per heavy atom. The Bertz CT molecular complexity index is 493. The molecule has 100 valence electrons. The minimum absolute atomic E-state index is 0.519. The van der Waals surface area contributed by atoms with Crippen LogP contribution in [0.5, 0.6) is 0 Å². The molecule has 2 atom stereocenters. The minimum Gasteiger partial charge on any atom is -0.299 e. The molecule has 3 heterocycles. The van der Waals surface area contributed by atoms with Crippen LogP contribution in [0.1, 0.15) is 30.5 Å². The Labute approximate surface area is 114 Å². The van der Waals surface area contributed by atoms with Crippen molar-refractivity contribution < 1.29 is 0 Å². The van der Waals surface area contributed by atoms with E-state index in [4.69, 9.17) is 5.26 Å². The van der Waals surface area contributed by atoms with Gasteiger partial charge in [-0.1, -0.05) is 0 Å². The lowest BCUT2D eigenvalue weighted by molar-refractivity contribution is 0.214. The van der Waals surface area contributed by atoms with Crippen molar-refractivity contribution in [2.45, 2.75) is 37.9 Å². The van der Waals surface area contributed by atoms with Gasteiger partial charge in [-0.25, -0.2) is 4.98 Å². The van der Waals surface area contributed by atoms with Crippen molar-refractivity contribution in [2.24, 2.45) is 0 Å². The summed E-state index contributed by atoms with van der Waals surface area (Å²) in [5, 5.41) is 8.90. The normalized spacial score (nSPS) is 28.0. The van der Waals surface area contributed by atoms with E-state index >= 15 is 0 Å². The highest BCUT2D eigenvalue weighted by atomic mass is 15.3. The number of likely N-dealkylation sites (tertiary alicyclic amines) is 1. The maximum atomic E-state index is 8.90. The molecule has 4 nitrogen and oxygen atoms in total. The zero-order chi connectivity index (χ0) is 13.2. The van der Waals surface area contributed by atoms with E-state index in [-0.39, 0.29) is 0 Å². The first-order chi connectivity index (χ1) is 9.26. The van der Waals surface area contributed by atoms with Gasteiger partial charge < -0.3 is 0 Å². The lowest BCUT2D eigenvalue weighted by Crippen LogP contribution is -2.36. The van der Waals surface area contributed by atoms with Crippen molar-refractivity contribution in [1.82, 2.24) is 14.8 Å². The number of nitrogens with zero attached hydrogens (tertiary/aromatic N) is 4. The summed E-state index contributed by atoms with van der Waals surface area (Å²) in [6.07, 6.45) is 5.70. The first-order valence-corrected chi connectivity index (χ1v) is 7.05. The second-order valence-corrected chi connectivity index (χ2v) is 5.74. The number of pyridine rings is 1. The molecule has 2 aliphatic heterocycles. The fraction of sp³-hybridized carbons (Fsp3) is 0.600. The minimum atomic E-state index is 0.519. The molecule has 0 saturated carbocycles. The predicted octanol–water partition coefficient (Wildman–Crippen LogP) is 1.62. The van der Waals surface area contributed by atoms with Gasteiger partial charge in [0, 0.05) is 37.9 Å². The summed E-state index contributed by atoms with van der Waals surface area (Å²) in [5.74, 6) is 0. The molecule has 1 aromatic heterocycles. The van der Waals surface area contributed by atoms with Gasteiger partial charge in [-0.2, -0.15) is 5.26 Å². The zero-order valence-electron chi connectivity index (χ0n) is 11.4. The van der Waals surface area contributed by atoms with Gasteiger partial charge in [-0.15, -0.1) is 0 Å². The van der Waals surface area contributed by atoms with Crippen LogP contribution in [0.2, 0.25) is 0 Å². The highest BCUT2D eigenvalue weighted by Crippen LogP contribution is 2.28. The molecule has 1 aromatic rings. The second kappa shape index (κ2) is 5.28. The summed E-state index contributed by atoms with van der Waals surface area (Å²) in [7, 11) is 2.27. The van der Waals surface area contributed by atoms with E-state index in [1.165, 1.54) is 24.8 Å². The van der Waals surface area contributed by atoms with Crippen LogP contribution in [0.25, 0.3) is 0 Å². The molecule has 2 saturated heterocycles. The largest absolute Gasteiger partial charge is 0.299 e. The monoisotopic (exact) mass is 256 g/mol. The van der Waals surface area contributed by atoms with Crippen molar-refractivity contribution in [2.75, 3.05) is 20.1 Å². The van der Waals surface area contributed by atoms with E-state index in [2.05, 4.69) is 27.9 Å². The number of aromatic nitrogens is 1. The van der Waals surface area contributed by atoms with Gasteiger partial charge in [0.2, 0.25) is 0 Å². The molecule has 0 aromatic carbocycles. The van der Waals surface area contributed by atoms with Gasteiger partial charge >= 0.3 is 0 Å². The van der Waals surface area contributed by atoms with Crippen LogP contribution < -0.4 is 0 Å². The van der Waals surface area contributed by atoms with E-state index in [0.29, 0.717) is 11.7 Å². The first-order valence-electron chi connectivity index (χ1n) is 7.05. The fourth-order valence-electron chi connectivity index (χ4n) is 3.41. The van der Waals surface area contributed by atoms with Crippen LogP contribution in [0, 0.1) is 11.3 Å². The van der Waals surface area contributed by atoms with Crippen molar-refractivity contribution in [3.63, 3.8) is 0 Å². The highest BCUT2D eigenvalue weighted by molar-refractivity contribution is 5.25. The molecular formula is C15H20N4. The van der Waals surface area contributed by atoms with Crippen LogP contribution in [-0.2, 0) is 6.54 Å². The summed E-state index contributed by atoms with van der Waals surface area (Å²) >= 11 is 0. The van der Waals surface area contributed by atoms with Crippen molar-refractivity contribution in [1.29, 1.82) is 5.26 Å². The number of rotatable bonds is 2. The number of nitriles is 1. The third-order valence-electron chi connectivity index (χ3n) is 4.58. The van der Waals surface area contributed by atoms with Crippen LogP contribution in [-0.4, -0.2) is 47.0 Å². The lowest BCUT2D eigenvalue weighted by Gasteiger charge is -2.25. The van der Waals surface area contributed by atoms with Gasteiger partial charge in [0.15, 0.2) is 0 Å². The van der Waals surface area contributed by atoms with Gasteiger partial charge in [0.05, 0.1) is 0 Å². The molecule has 0 N–H and O–H groups in total. The smallest absolute Gasteiger partial charge is 0.140 e. The fourth-order valence-corrected chi connectivity index (χ4v) is 3.41. The van der Waals surface area contributed by atoms with Crippen LogP contribution in [0.3, 0.4) is 0 Å². The third kappa shape index (κ3) is 2.63.